The zero-order chi connectivity index (χ0) is 15.1. The number of aryl methyl sites for hydroxylation is 1. The molecule has 108 valence electrons. The lowest BCUT2D eigenvalue weighted by Crippen LogP contribution is -2.26. The molecule has 0 atom stereocenters. The molecule has 22 heavy (non-hydrogen) atoms. The molecule has 2 aromatic carbocycles. The van der Waals surface area contributed by atoms with Crippen molar-refractivity contribution in [3.05, 3.63) is 65.1 Å². The Bertz CT molecular complexity index is 955. The van der Waals surface area contributed by atoms with E-state index in [1.807, 2.05) is 24.3 Å². The summed E-state index contributed by atoms with van der Waals surface area (Å²) in [5, 5.41) is 14.7. The van der Waals surface area contributed by atoms with Crippen molar-refractivity contribution in [2.75, 3.05) is 5.75 Å². The highest BCUT2D eigenvalue weighted by Gasteiger charge is 2.17. The van der Waals surface area contributed by atoms with Gasteiger partial charge in [0, 0.05) is 11.1 Å². The van der Waals surface area contributed by atoms with E-state index in [4.69, 9.17) is 5.41 Å². The first-order valence-corrected chi connectivity index (χ1v) is 8.05. The molecular weight excluding hydrogens is 292 g/mol. The molecule has 4 rings (SSSR count). The van der Waals surface area contributed by atoms with Gasteiger partial charge in [-0.1, -0.05) is 53.7 Å². The first-order chi connectivity index (χ1) is 10.7. The SMILES string of the molecule is Cc1ccc(C2=Nn3c(nc4ccccc4c3=N)SC2)cc1. The maximum absolute atomic E-state index is 8.41. The van der Waals surface area contributed by atoms with Gasteiger partial charge >= 0.3 is 0 Å². The molecule has 1 N–H and O–H groups in total. The van der Waals surface area contributed by atoms with Crippen LogP contribution in [0.3, 0.4) is 0 Å². The molecule has 5 heteroatoms. The van der Waals surface area contributed by atoms with Gasteiger partial charge in [0.1, 0.15) is 0 Å². The zero-order valence-corrected chi connectivity index (χ0v) is 12.9. The molecule has 1 aliphatic rings. The third kappa shape index (κ3) is 2.14. The van der Waals surface area contributed by atoms with Gasteiger partial charge in [-0.2, -0.15) is 9.78 Å². The fraction of sp³-hybridized carbons (Fsp3) is 0.118. The largest absolute Gasteiger partial charge is 0.282 e. The van der Waals surface area contributed by atoms with Crippen molar-refractivity contribution in [1.82, 2.24) is 9.66 Å². The van der Waals surface area contributed by atoms with Gasteiger partial charge in [-0.05, 0) is 24.6 Å². The van der Waals surface area contributed by atoms with Crippen molar-refractivity contribution in [2.24, 2.45) is 5.10 Å². The molecule has 0 spiro atoms. The summed E-state index contributed by atoms with van der Waals surface area (Å²) in [5.41, 5.74) is 4.55. The molecule has 1 aliphatic heterocycles. The molecule has 0 radical (unpaired) electrons. The van der Waals surface area contributed by atoms with Gasteiger partial charge < -0.3 is 0 Å². The minimum atomic E-state index is 0.386. The van der Waals surface area contributed by atoms with Crippen LogP contribution in [0.5, 0.6) is 0 Å². The normalized spacial score (nSPS) is 13.8. The topological polar surface area (TPSA) is 54.0 Å². The predicted octanol–water partition coefficient (Wildman–Crippen LogP) is 3.18. The Morgan fingerprint density at radius 2 is 1.86 bits per heavy atom. The monoisotopic (exact) mass is 306 g/mol. The number of hydrogen-bond acceptors (Lipinski definition) is 4. The van der Waals surface area contributed by atoms with E-state index in [1.165, 1.54) is 5.56 Å². The summed E-state index contributed by atoms with van der Waals surface area (Å²) in [6, 6.07) is 16.1. The fourth-order valence-corrected chi connectivity index (χ4v) is 3.39. The van der Waals surface area contributed by atoms with Gasteiger partial charge in [-0.3, -0.25) is 5.41 Å². The van der Waals surface area contributed by atoms with Crippen molar-refractivity contribution in [3.63, 3.8) is 0 Å². The van der Waals surface area contributed by atoms with E-state index >= 15 is 0 Å². The average Bonchev–Trinajstić information content (AvgIpc) is 2.56. The second kappa shape index (κ2) is 5.10. The summed E-state index contributed by atoms with van der Waals surface area (Å²) in [4.78, 5) is 4.62. The summed E-state index contributed by atoms with van der Waals surface area (Å²) in [7, 11) is 0. The zero-order valence-electron chi connectivity index (χ0n) is 12.1. The average molecular weight is 306 g/mol. The summed E-state index contributed by atoms with van der Waals surface area (Å²) < 4.78 is 1.64. The Balaban J connectivity index is 1.90. The second-order valence-electron chi connectivity index (χ2n) is 5.27. The van der Waals surface area contributed by atoms with E-state index < -0.39 is 0 Å². The number of aromatic nitrogens is 2. The number of rotatable bonds is 1. The maximum Gasteiger partial charge on any atom is 0.191 e. The summed E-state index contributed by atoms with van der Waals surface area (Å²) >= 11 is 1.63. The van der Waals surface area contributed by atoms with E-state index in [1.54, 1.807) is 16.4 Å². The van der Waals surface area contributed by atoms with Crippen LogP contribution in [0.25, 0.3) is 10.9 Å². The molecule has 1 aromatic heterocycles. The highest BCUT2D eigenvalue weighted by atomic mass is 32.2. The van der Waals surface area contributed by atoms with Gasteiger partial charge in [0.25, 0.3) is 0 Å². The van der Waals surface area contributed by atoms with Crippen LogP contribution in [-0.2, 0) is 0 Å². The summed E-state index contributed by atoms with van der Waals surface area (Å²) in [5.74, 6) is 0.772. The summed E-state index contributed by atoms with van der Waals surface area (Å²) in [6.45, 7) is 2.07. The molecule has 0 aliphatic carbocycles. The van der Waals surface area contributed by atoms with Crippen LogP contribution < -0.4 is 5.49 Å². The first kappa shape index (κ1) is 13.3. The lowest BCUT2D eigenvalue weighted by Gasteiger charge is -2.17. The quantitative estimate of drug-likeness (QED) is 0.702. The fourth-order valence-electron chi connectivity index (χ4n) is 2.49. The summed E-state index contributed by atoms with van der Waals surface area (Å²) in [6.07, 6.45) is 0. The Labute approximate surface area is 132 Å². The molecule has 2 heterocycles. The van der Waals surface area contributed by atoms with Crippen molar-refractivity contribution in [1.29, 1.82) is 5.41 Å². The Morgan fingerprint density at radius 1 is 1.09 bits per heavy atom. The van der Waals surface area contributed by atoms with E-state index in [0.717, 1.165) is 33.1 Å². The number of nitrogens with zero attached hydrogens (tertiary/aromatic N) is 3. The smallest absolute Gasteiger partial charge is 0.191 e. The van der Waals surface area contributed by atoms with Crippen molar-refractivity contribution >= 4 is 28.4 Å². The number of fused-ring (bicyclic) bond motifs is 2. The van der Waals surface area contributed by atoms with Crippen LogP contribution in [0.2, 0.25) is 0 Å². The molecule has 0 saturated heterocycles. The molecule has 0 bridgehead atoms. The van der Waals surface area contributed by atoms with Crippen molar-refractivity contribution in [2.45, 2.75) is 12.1 Å². The van der Waals surface area contributed by atoms with E-state index in [2.05, 4.69) is 41.3 Å². The van der Waals surface area contributed by atoms with Crippen LogP contribution in [0.1, 0.15) is 11.1 Å². The van der Waals surface area contributed by atoms with E-state index in [9.17, 15) is 0 Å². The second-order valence-corrected chi connectivity index (χ2v) is 6.22. The lowest BCUT2D eigenvalue weighted by atomic mass is 10.1. The highest BCUT2D eigenvalue weighted by Crippen LogP contribution is 2.23. The number of thioether (sulfide) groups is 1. The van der Waals surface area contributed by atoms with E-state index in [-0.39, 0.29) is 0 Å². The third-order valence-corrected chi connectivity index (χ3v) is 4.65. The highest BCUT2D eigenvalue weighted by molar-refractivity contribution is 7.99. The minimum Gasteiger partial charge on any atom is -0.282 e. The van der Waals surface area contributed by atoms with Gasteiger partial charge in [-0.15, -0.1) is 0 Å². The maximum atomic E-state index is 8.41. The van der Waals surface area contributed by atoms with E-state index in [0.29, 0.717) is 5.49 Å². The van der Waals surface area contributed by atoms with Crippen molar-refractivity contribution < 1.29 is 0 Å². The third-order valence-electron chi connectivity index (χ3n) is 3.71. The number of para-hydroxylation sites is 1. The Kier molecular flexibility index (Phi) is 3.08. The first-order valence-electron chi connectivity index (χ1n) is 7.06. The number of nitrogens with one attached hydrogen (secondary N) is 1. The standard InChI is InChI=1S/C17H14N4S/c1-11-6-8-12(9-7-11)15-10-22-17-19-14-5-3-2-4-13(14)16(18)21(17)20-15/h2-9,18H,10H2,1H3. The van der Waals surface area contributed by atoms with Crippen LogP contribution in [0.4, 0.5) is 0 Å². The molecular formula is C17H14N4S. The molecule has 4 nitrogen and oxygen atoms in total. The molecule has 0 fully saturated rings. The number of benzene rings is 2. The molecule has 3 aromatic rings. The van der Waals surface area contributed by atoms with Crippen molar-refractivity contribution in [3.8, 4) is 0 Å². The molecule has 0 saturated carbocycles. The van der Waals surface area contributed by atoms with Gasteiger partial charge in [0.2, 0.25) is 0 Å². The van der Waals surface area contributed by atoms with Gasteiger partial charge in [0.15, 0.2) is 10.6 Å². The predicted molar refractivity (Wildman–Crippen MR) is 89.4 cm³/mol. The lowest BCUT2D eigenvalue weighted by molar-refractivity contribution is 0.677. The van der Waals surface area contributed by atoms with Crippen LogP contribution in [0.15, 0.2) is 58.8 Å². The molecule has 0 unspecified atom stereocenters. The van der Waals surface area contributed by atoms with Crippen LogP contribution in [-0.4, -0.2) is 21.1 Å². The van der Waals surface area contributed by atoms with Gasteiger partial charge in [0.05, 0.1) is 11.2 Å². The Morgan fingerprint density at radius 3 is 2.68 bits per heavy atom. The number of hydrogen-bond donors (Lipinski definition) is 1. The minimum absolute atomic E-state index is 0.386. The molecule has 0 amide bonds. The van der Waals surface area contributed by atoms with Crippen LogP contribution in [0, 0.1) is 12.3 Å². The van der Waals surface area contributed by atoms with Crippen LogP contribution >= 0.6 is 11.8 Å². The Hall–Kier alpha value is -2.40. The van der Waals surface area contributed by atoms with Gasteiger partial charge in [-0.25, -0.2) is 4.98 Å².